The van der Waals surface area contributed by atoms with Crippen molar-refractivity contribution >= 4 is 5.78 Å². The zero-order chi connectivity index (χ0) is 13.1. The van der Waals surface area contributed by atoms with Crippen LogP contribution < -0.4 is 4.74 Å². The third-order valence-corrected chi connectivity index (χ3v) is 3.29. The van der Waals surface area contributed by atoms with Crippen LogP contribution in [0.2, 0.25) is 0 Å². The molecule has 2 rings (SSSR count). The Bertz CT molecular complexity index is 443. The van der Waals surface area contributed by atoms with Gasteiger partial charge in [-0.2, -0.15) is 0 Å². The molecule has 1 fully saturated rings. The molecule has 1 saturated carbocycles. The highest BCUT2D eigenvalue weighted by atomic mass is 19.1. The van der Waals surface area contributed by atoms with E-state index in [-0.39, 0.29) is 11.5 Å². The van der Waals surface area contributed by atoms with Crippen molar-refractivity contribution in [3.63, 3.8) is 0 Å². The Balaban J connectivity index is 2.06. The lowest BCUT2D eigenvalue weighted by Gasteiger charge is -2.18. The summed E-state index contributed by atoms with van der Waals surface area (Å²) in [4.78, 5) is 14.2. The summed E-state index contributed by atoms with van der Waals surface area (Å²) < 4.78 is 18.3. The molecule has 3 nitrogen and oxygen atoms in total. The number of benzene rings is 1. The van der Waals surface area contributed by atoms with Gasteiger partial charge in [0.05, 0.1) is 13.7 Å². The van der Waals surface area contributed by atoms with Gasteiger partial charge in [-0.05, 0) is 37.6 Å². The van der Waals surface area contributed by atoms with Gasteiger partial charge in [0, 0.05) is 11.6 Å². The van der Waals surface area contributed by atoms with Gasteiger partial charge in [-0.15, -0.1) is 0 Å². The Kier molecular flexibility index (Phi) is 3.97. The third kappa shape index (κ3) is 2.88. The fourth-order valence-electron chi connectivity index (χ4n) is 2.05. The lowest BCUT2D eigenvalue weighted by Crippen LogP contribution is -2.31. The number of ether oxygens (including phenoxy) is 1. The summed E-state index contributed by atoms with van der Waals surface area (Å²) in [6.07, 6.45) is 2.33. The zero-order valence-corrected chi connectivity index (χ0v) is 10.8. The summed E-state index contributed by atoms with van der Waals surface area (Å²) in [7, 11) is 1.41. The van der Waals surface area contributed by atoms with Crippen molar-refractivity contribution in [3.8, 4) is 5.75 Å². The molecule has 0 N–H and O–H groups in total. The Morgan fingerprint density at radius 3 is 2.72 bits per heavy atom. The number of nitrogens with zero attached hydrogens (tertiary/aromatic N) is 1. The van der Waals surface area contributed by atoms with E-state index in [1.54, 1.807) is 6.07 Å². The maximum atomic E-state index is 13.5. The number of rotatable bonds is 6. The maximum absolute atomic E-state index is 13.5. The molecular formula is C14H18FNO2. The first-order valence-corrected chi connectivity index (χ1v) is 6.26. The van der Waals surface area contributed by atoms with E-state index >= 15 is 0 Å². The van der Waals surface area contributed by atoms with Crippen LogP contribution in [0.1, 0.15) is 30.1 Å². The summed E-state index contributed by atoms with van der Waals surface area (Å²) in [6.45, 7) is 3.27. The molecule has 0 aromatic heterocycles. The van der Waals surface area contributed by atoms with Crippen LogP contribution in [0.15, 0.2) is 18.2 Å². The van der Waals surface area contributed by atoms with Gasteiger partial charge in [-0.1, -0.05) is 6.92 Å². The number of hydrogen-bond acceptors (Lipinski definition) is 3. The van der Waals surface area contributed by atoms with E-state index in [2.05, 4.69) is 4.90 Å². The lowest BCUT2D eigenvalue weighted by molar-refractivity contribution is 0.0928. The van der Waals surface area contributed by atoms with Crippen molar-refractivity contribution < 1.29 is 13.9 Å². The van der Waals surface area contributed by atoms with Crippen LogP contribution >= 0.6 is 0 Å². The first-order valence-electron chi connectivity index (χ1n) is 6.26. The molecule has 18 heavy (non-hydrogen) atoms. The highest BCUT2D eigenvalue weighted by Gasteiger charge is 2.29. The Labute approximate surface area is 107 Å². The highest BCUT2D eigenvalue weighted by Crippen LogP contribution is 2.26. The van der Waals surface area contributed by atoms with Crippen molar-refractivity contribution in [2.45, 2.75) is 25.8 Å². The van der Waals surface area contributed by atoms with E-state index in [0.29, 0.717) is 18.2 Å². The normalized spacial score (nSPS) is 14.9. The standard InChI is InChI=1S/C14H18FNO2/c1-3-16(11-5-6-11)9-13(17)10-4-7-14(18-2)12(15)8-10/h4,7-8,11H,3,5-6,9H2,1-2H3. The molecule has 1 aliphatic rings. The first-order chi connectivity index (χ1) is 8.65. The minimum atomic E-state index is -0.488. The first kappa shape index (κ1) is 13.0. The number of methoxy groups -OCH3 is 1. The second kappa shape index (κ2) is 5.48. The summed E-state index contributed by atoms with van der Waals surface area (Å²) in [5.41, 5.74) is 0.410. The number of Topliss-reactive ketones (excluding diaryl/α,β-unsaturated/α-hetero) is 1. The van der Waals surface area contributed by atoms with Gasteiger partial charge in [-0.25, -0.2) is 4.39 Å². The number of carbonyl (C=O) groups excluding carboxylic acids is 1. The van der Waals surface area contributed by atoms with E-state index in [0.717, 1.165) is 19.4 Å². The van der Waals surface area contributed by atoms with Crippen LogP contribution in [0.5, 0.6) is 5.75 Å². The van der Waals surface area contributed by atoms with Crippen molar-refractivity contribution in [1.82, 2.24) is 4.90 Å². The molecule has 0 aliphatic heterocycles. The van der Waals surface area contributed by atoms with Crippen LogP contribution in [-0.2, 0) is 0 Å². The van der Waals surface area contributed by atoms with E-state index in [1.807, 2.05) is 6.92 Å². The van der Waals surface area contributed by atoms with Crippen LogP contribution in [0, 0.1) is 5.82 Å². The molecule has 0 atom stereocenters. The van der Waals surface area contributed by atoms with Crippen molar-refractivity contribution in [3.05, 3.63) is 29.6 Å². The Morgan fingerprint density at radius 2 is 2.22 bits per heavy atom. The largest absolute Gasteiger partial charge is 0.494 e. The molecule has 4 heteroatoms. The van der Waals surface area contributed by atoms with Gasteiger partial charge in [0.1, 0.15) is 0 Å². The maximum Gasteiger partial charge on any atom is 0.176 e. The molecule has 0 unspecified atom stereocenters. The van der Waals surface area contributed by atoms with E-state index in [4.69, 9.17) is 4.74 Å². The molecule has 0 radical (unpaired) electrons. The zero-order valence-electron chi connectivity index (χ0n) is 10.8. The third-order valence-electron chi connectivity index (χ3n) is 3.29. The minimum absolute atomic E-state index is 0.0368. The molecule has 1 aliphatic carbocycles. The quantitative estimate of drug-likeness (QED) is 0.727. The highest BCUT2D eigenvalue weighted by molar-refractivity contribution is 5.97. The molecular weight excluding hydrogens is 233 g/mol. The monoisotopic (exact) mass is 251 g/mol. The summed E-state index contributed by atoms with van der Waals surface area (Å²) in [5.74, 6) is -0.357. The molecule has 0 saturated heterocycles. The fourth-order valence-corrected chi connectivity index (χ4v) is 2.05. The second-order valence-corrected chi connectivity index (χ2v) is 4.57. The predicted octanol–water partition coefficient (Wildman–Crippen LogP) is 2.50. The number of hydrogen-bond donors (Lipinski definition) is 0. The number of ketones is 1. The average Bonchev–Trinajstić information content (AvgIpc) is 3.19. The Hall–Kier alpha value is -1.42. The van der Waals surface area contributed by atoms with Crippen LogP contribution in [0.3, 0.4) is 0 Å². The molecule has 1 aromatic carbocycles. The predicted molar refractivity (Wildman–Crippen MR) is 67.6 cm³/mol. The van der Waals surface area contributed by atoms with Gasteiger partial charge in [0.25, 0.3) is 0 Å². The average molecular weight is 251 g/mol. The molecule has 0 heterocycles. The van der Waals surface area contributed by atoms with Gasteiger partial charge in [0.15, 0.2) is 17.3 Å². The summed E-state index contributed by atoms with van der Waals surface area (Å²) in [6, 6.07) is 4.91. The van der Waals surface area contributed by atoms with Crippen molar-refractivity contribution in [2.75, 3.05) is 20.2 Å². The molecule has 0 amide bonds. The molecule has 1 aromatic rings. The van der Waals surface area contributed by atoms with Gasteiger partial charge in [-0.3, -0.25) is 9.69 Å². The lowest BCUT2D eigenvalue weighted by atomic mass is 10.1. The second-order valence-electron chi connectivity index (χ2n) is 4.57. The molecule has 98 valence electrons. The van der Waals surface area contributed by atoms with E-state index in [9.17, 15) is 9.18 Å². The number of halogens is 1. The van der Waals surface area contributed by atoms with Crippen LogP contribution in [-0.4, -0.2) is 36.9 Å². The topological polar surface area (TPSA) is 29.5 Å². The number of likely N-dealkylation sites (N-methyl/N-ethyl adjacent to an activating group) is 1. The molecule has 0 spiro atoms. The number of carbonyl (C=O) groups is 1. The fraction of sp³-hybridized carbons (Fsp3) is 0.500. The summed E-state index contributed by atoms with van der Waals surface area (Å²) >= 11 is 0. The SMILES string of the molecule is CCN(CC(=O)c1ccc(OC)c(F)c1)C1CC1. The van der Waals surface area contributed by atoms with Gasteiger partial charge < -0.3 is 4.74 Å². The van der Waals surface area contributed by atoms with E-state index < -0.39 is 5.82 Å². The van der Waals surface area contributed by atoms with Crippen molar-refractivity contribution in [1.29, 1.82) is 0 Å². The molecule has 0 bridgehead atoms. The summed E-state index contributed by atoms with van der Waals surface area (Å²) in [5, 5.41) is 0. The van der Waals surface area contributed by atoms with E-state index in [1.165, 1.54) is 19.2 Å². The smallest absolute Gasteiger partial charge is 0.176 e. The Morgan fingerprint density at radius 1 is 1.50 bits per heavy atom. The van der Waals surface area contributed by atoms with Crippen LogP contribution in [0.25, 0.3) is 0 Å². The van der Waals surface area contributed by atoms with Gasteiger partial charge >= 0.3 is 0 Å². The van der Waals surface area contributed by atoms with Gasteiger partial charge in [0.2, 0.25) is 0 Å². The minimum Gasteiger partial charge on any atom is -0.494 e. The van der Waals surface area contributed by atoms with Crippen LogP contribution in [0.4, 0.5) is 4.39 Å². The van der Waals surface area contributed by atoms with Crippen molar-refractivity contribution in [2.24, 2.45) is 0 Å².